The second kappa shape index (κ2) is 8.72. The Labute approximate surface area is 172 Å². The summed E-state index contributed by atoms with van der Waals surface area (Å²) in [6.07, 6.45) is 0. The van der Waals surface area contributed by atoms with Gasteiger partial charge in [-0.15, -0.1) is 0 Å². The molecule has 8 heteroatoms. The third-order valence-electron chi connectivity index (χ3n) is 4.24. The Hall–Kier alpha value is -1.11. The third kappa shape index (κ3) is 4.99. The summed E-state index contributed by atoms with van der Waals surface area (Å²) in [5.74, 6) is -0.320. The molecule has 1 aliphatic heterocycles. The van der Waals surface area contributed by atoms with Crippen LogP contribution in [0.4, 0.5) is 10.1 Å². The molecule has 26 heavy (non-hydrogen) atoms. The van der Waals surface area contributed by atoms with E-state index in [9.17, 15) is 4.39 Å². The van der Waals surface area contributed by atoms with Gasteiger partial charge in [0.05, 0.1) is 10.7 Å². The minimum atomic E-state index is -0.320. The van der Waals surface area contributed by atoms with Gasteiger partial charge in [-0.1, -0.05) is 40.9 Å². The van der Waals surface area contributed by atoms with Crippen LogP contribution >= 0.6 is 47.0 Å². The molecule has 3 rings (SSSR count). The minimum absolute atomic E-state index is 0.320. The maximum atomic E-state index is 13.2. The van der Waals surface area contributed by atoms with Crippen LogP contribution in [0.1, 0.15) is 5.56 Å². The van der Waals surface area contributed by atoms with E-state index in [1.165, 1.54) is 12.1 Å². The van der Waals surface area contributed by atoms with Gasteiger partial charge in [0.1, 0.15) is 5.82 Å². The van der Waals surface area contributed by atoms with Crippen LogP contribution in [0, 0.1) is 5.82 Å². The zero-order valence-corrected chi connectivity index (χ0v) is 16.9. The number of anilines is 1. The molecule has 1 N–H and O–H groups in total. The Balaban J connectivity index is 1.54. The molecule has 0 bridgehead atoms. The van der Waals surface area contributed by atoms with Gasteiger partial charge < -0.3 is 10.2 Å². The molecule has 0 aromatic heterocycles. The van der Waals surface area contributed by atoms with Crippen molar-refractivity contribution in [2.75, 3.05) is 31.5 Å². The lowest BCUT2D eigenvalue weighted by atomic mass is 10.2. The Bertz CT molecular complexity index is 810. The smallest absolute Gasteiger partial charge is 0.173 e. The second-order valence-corrected chi connectivity index (χ2v) is 7.69. The van der Waals surface area contributed by atoms with Crippen LogP contribution in [-0.2, 0) is 6.54 Å². The van der Waals surface area contributed by atoms with Crippen LogP contribution < -0.4 is 5.32 Å². The zero-order valence-electron chi connectivity index (χ0n) is 13.8. The van der Waals surface area contributed by atoms with Crippen LogP contribution in [0.3, 0.4) is 0 Å². The fourth-order valence-corrected chi connectivity index (χ4v) is 3.64. The molecule has 2 aromatic carbocycles. The van der Waals surface area contributed by atoms with E-state index in [1.54, 1.807) is 24.3 Å². The molecule has 138 valence electrons. The lowest BCUT2D eigenvalue weighted by Gasteiger charge is -2.36. The Kier molecular flexibility index (Phi) is 6.59. The Morgan fingerprint density at radius 3 is 2.42 bits per heavy atom. The SMILES string of the molecule is Fc1ccc(CN2CCN(C(=S)Nc3cc(Cl)ccc3Cl)CC2)c(Cl)c1. The topological polar surface area (TPSA) is 18.5 Å². The van der Waals surface area contributed by atoms with Crippen molar-refractivity contribution < 1.29 is 4.39 Å². The molecular weight excluding hydrogens is 416 g/mol. The van der Waals surface area contributed by atoms with E-state index in [0.717, 1.165) is 31.7 Å². The van der Waals surface area contributed by atoms with Crippen LogP contribution in [0.2, 0.25) is 15.1 Å². The molecule has 1 heterocycles. The highest BCUT2D eigenvalue weighted by Crippen LogP contribution is 2.26. The van der Waals surface area contributed by atoms with Crippen LogP contribution in [0.5, 0.6) is 0 Å². The van der Waals surface area contributed by atoms with Gasteiger partial charge in [0.2, 0.25) is 0 Å². The molecule has 0 radical (unpaired) electrons. The lowest BCUT2D eigenvalue weighted by Crippen LogP contribution is -2.49. The summed E-state index contributed by atoms with van der Waals surface area (Å²) in [5.41, 5.74) is 1.62. The average Bonchev–Trinajstić information content (AvgIpc) is 2.61. The summed E-state index contributed by atoms with van der Waals surface area (Å²) >= 11 is 23.8. The highest BCUT2D eigenvalue weighted by atomic mass is 35.5. The highest BCUT2D eigenvalue weighted by molar-refractivity contribution is 7.80. The van der Waals surface area contributed by atoms with E-state index in [0.29, 0.717) is 32.4 Å². The van der Waals surface area contributed by atoms with Gasteiger partial charge in [-0.3, -0.25) is 4.90 Å². The first kappa shape index (κ1) is 19.6. The maximum Gasteiger partial charge on any atom is 0.173 e. The van der Waals surface area contributed by atoms with E-state index >= 15 is 0 Å². The van der Waals surface area contributed by atoms with Crippen molar-refractivity contribution in [1.29, 1.82) is 0 Å². The number of rotatable bonds is 3. The fourth-order valence-electron chi connectivity index (χ4n) is 2.79. The summed E-state index contributed by atoms with van der Waals surface area (Å²) < 4.78 is 13.2. The van der Waals surface area contributed by atoms with E-state index in [2.05, 4.69) is 15.1 Å². The first-order chi connectivity index (χ1) is 12.4. The van der Waals surface area contributed by atoms with E-state index < -0.39 is 0 Å². The number of nitrogens with one attached hydrogen (secondary N) is 1. The standard InChI is InChI=1S/C18H17Cl3FN3S/c19-13-2-4-15(20)17(9-13)23-18(26)25-7-5-24(6-8-25)11-12-1-3-14(22)10-16(12)21/h1-4,9-10H,5-8,11H2,(H,23,26). The maximum absolute atomic E-state index is 13.2. The van der Waals surface area contributed by atoms with Gasteiger partial charge in [0.25, 0.3) is 0 Å². The summed E-state index contributed by atoms with van der Waals surface area (Å²) in [5, 5.41) is 5.41. The minimum Gasteiger partial charge on any atom is -0.346 e. The van der Waals surface area contributed by atoms with Crippen LogP contribution in [-0.4, -0.2) is 41.1 Å². The van der Waals surface area contributed by atoms with Crippen LogP contribution in [0.25, 0.3) is 0 Å². The van der Waals surface area contributed by atoms with Gasteiger partial charge in [0.15, 0.2) is 5.11 Å². The molecular formula is C18H17Cl3FN3S. The van der Waals surface area contributed by atoms with Crippen molar-refractivity contribution >= 4 is 57.8 Å². The van der Waals surface area contributed by atoms with Crippen molar-refractivity contribution in [1.82, 2.24) is 9.80 Å². The Morgan fingerprint density at radius 1 is 1.00 bits per heavy atom. The number of piperazine rings is 1. The Morgan fingerprint density at radius 2 is 1.73 bits per heavy atom. The second-order valence-electron chi connectivity index (χ2n) is 6.05. The average molecular weight is 433 g/mol. The molecule has 0 spiro atoms. The van der Waals surface area contributed by atoms with Crippen molar-refractivity contribution in [3.63, 3.8) is 0 Å². The highest BCUT2D eigenvalue weighted by Gasteiger charge is 2.20. The molecule has 0 aliphatic carbocycles. The summed E-state index contributed by atoms with van der Waals surface area (Å²) in [6, 6.07) is 9.74. The number of hydrogen-bond donors (Lipinski definition) is 1. The largest absolute Gasteiger partial charge is 0.346 e. The quantitative estimate of drug-likeness (QED) is 0.663. The zero-order chi connectivity index (χ0) is 18.7. The monoisotopic (exact) mass is 431 g/mol. The lowest BCUT2D eigenvalue weighted by molar-refractivity contribution is 0.177. The summed E-state index contributed by atoms with van der Waals surface area (Å²) in [4.78, 5) is 4.36. The van der Waals surface area contributed by atoms with Crippen molar-refractivity contribution in [3.05, 3.63) is 62.8 Å². The molecule has 1 aliphatic rings. The number of hydrogen-bond acceptors (Lipinski definition) is 2. The third-order valence-corrected chi connectivity index (χ3v) is 5.52. The molecule has 0 amide bonds. The number of thiocarbonyl (C=S) groups is 1. The van der Waals surface area contributed by atoms with E-state index in [1.807, 2.05) is 0 Å². The van der Waals surface area contributed by atoms with Crippen molar-refractivity contribution in [2.24, 2.45) is 0 Å². The molecule has 2 aromatic rings. The summed E-state index contributed by atoms with van der Waals surface area (Å²) in [6.45, 7) is 3.91. The molecule has 3 nitrogen and oxygen atoms in total. The summed E-state index contributed by atoms with van der Waals surface area (Å²) in [7, 11) is 0. The predicted molar refractivity (Wildman–Crippen MR) is 111 cm³/mol. The number of nitrogens with zero attached hydrogens (tertiary/aromatic N) is 2. The van der Waals surface area contributed by atoms with Gasteiger partial charge in [-0.25, -0.2) is 4.39 Å². The molecule has 0 atom stereocenters. The van der Waals surface area contributed by atoms with Crippen LogP contribution in [0.15, 0.2) is 36.4 Å². The van der Waals surface area contributed by atoms with E-state index in [-0.39, 0.29) is 5.82 Å². The van der Waals surface area contributed by atoms with E-state index in [4.69, 9.17) is 47.0 Å². The fraction of sp³-hybridized carbons (Fsp3) is 0.278. The molecule has 0 unspecified atom stereocenters. The van der Waals surface area contributed by atoms with Gasteiger partial charge in [-0.2, -0.15) is 0 Å². The number of benzene rings is 2. The molecule has 1 saturated heterocycles. The first-order valence-corrected chi connectivity index (χ1v) is 9.64. The molecule has 1 fully saturated rings. The predicted octanol–water partition coefficient (Wildman–Crippen LogP) is 5.30. The van der Waals surface area contributed by atoms with Gasteiger partial charge in [0, 0.05) is 42.8 Å². The molecule has 0 saturated carbocycles. The van der Waals surface area contributed by atoms with Crippen molar-refractivity contribution in [2.45, 2.75) is 6.54 Å². The van der Waals surface area contributed by atoms with Gasteiger partial charge in [-0.05, 0) is 48.1 Å². The normalized spacial score (nSPS) is 15.2. The van der Waals surface area contributed by atoms with Crippen molar-refractivity contribution in [3.8, 4) is 0 Å². The van der Waals surface area contributed by atoms with Gasteiger partial charge >= 0.3 is 0 Å². The number of halogens is 4. The first-order valence-electron chi connectivity index (χ1n) is 8.09.